The van der Waals surface area contributed by atoms with Crippen LogP contribution >= 0.6 is 0 Å². The number of anilines is 1. The first kappa shape index (κ1) is 23.9. The van der Waals surface area contributed by atoms with Gasteiger partial charge in [0.25, 0.3) is 11.8 Å². The predicted octanol–water partition coefficient (Wildman–Crippen LogP) is 4.19. The summed E-state index contributed by atoms with van der Waals surface area (Å²) in [6.45, 7) is -0.889. The molecule has 7 nitrogen and oxygen atoms in total. The monoisotopic (exact) mass is 476 g/mol. The predicted molar refractivity (Wildman–Crippen MR) is 128 cm³/mol. The molecule has 0 radical (unpaired) electrons. The summed E-state index contributed by atoms with van der Waals surface area (Å²) in [4.78, 5) is 37.2. The fourth-order valence-electron chi connectivity index (χ4n) is 4.00. The lowest BCUT2D eigenvalue weighted by molar-refractivity contribution is -0.125. The number of hydrogen-bond acceptors (Lipinski definition) is 5. The first-order chi connectivity index (χ1) is 17.0. The van der Waals surface area contributed by atoms with E-state index in [0.29, 0.717) is 0 Å². The van der Waals surface area contributed by atoms with E-state index in [-0.39, 0.29) is 23.0 Å². The van der Waals surface area contributed by atoms with Crippen LogP contribution in [0.2, 0.25) is 0 Å². The van der Waals surface area contributed by atoms with Gasteiger partial charge in [0.05, 0.1) is 11.7 Å². The number of aryl methyl sites for hydroxylation is 1. The molecule has 1 atom stereocenters. The van der Waals surface area contributed by atoms with E-state index in [9.17, 15) is 18.8 Å². The number of para-hydroxylation sites is 2. The topological polar surface area (TPSA) is 93.7 Å². The normalized spacial score (nSPS) is 14.4. The third kappa shape index (κ3) is 6.23. The van der Waals surface area contributed by atoms with E-state index in [4.69, 9.17) is 9.47 Å². The Bertz CT molecular complexity index is 1230. The number of halogens is 1. The summed E-state index contributed by atoms with van der Waals surface area (Å²) >= 11 is 0. The van der Waals surface area contributed by atoms with E-state index in [1.165, 1.54) is 35.9 Å². The zero-order valence-electron chi connectivity index (χ0n) is 19.0. The van der Waals surface area contributed by atoms with Crippen LogP contribution in [-0.2, 0) is 20.7 Å². The van der Waals surface area contributed by atoms with Crippen molar-refractivity contribution >= 4 is 23.5 Å². The average Bonchev–Trinajstić information content (AvgIpc) is 2.88. The summed E-state index contributed by atoms with van der Waals surface area (Å²) in [5.74, 6) is -2.20. The molecule has 0 fully saturated rings. The van der Waals surface area contributed by atoms with Gasteiger partial charge in [0.2, 0.25) is 0 Å². The van der Waals surface area contributed by atoms with Crippen molar-refractivity contribution in [2.45, 2.75) is 25.3 Å². The molecular weight excluding hydrogens is 451 g/mol. The summed E-state index contributed by atoms with van der Waals surface area (Å²) in [5, 5.41) is 5.34. The molecule has 2 N–H and O–H groups in total. The van der Waals surface area contributed by atoms with Crippen LogP contribution in [0, 0.1) is 5.82 Å². The molecule has 4 rings (SSSR count). The van der Waals surface area contributed by atoms with Gasteiger partial charge in [-0.2, -0.15) is 0 Å². The molecule has 0 aromatic heterocycles. The molecule has 0 saturated carbocycles. The van der Waals surface area contributed by atoms with Gasteiger partial charge in [0, 0.05) is 0 Å². The maximum absolute atomic E-state index is 13.7. The van der Waals surface area contributed by atoms with Crippen LogP contribution in [0.3, 0.4) is 0 Å². The molecule has 3 aromatic rings. The summed E-state index contributed by atoms with van der Waals surface area (Å²) in [6.07, 6.45) is 2.77. The van der Waals surface area contributed by atoms with Gasteiger partial charge in [-0.1, -0.05) is 48.5 Å². The van der Waals surface area contributed by atoms with Crippen LogP contribution in [0.25, 0.3) is 0 Å². The van der Waals surface area contributed by atoms with Crippen molar-refractivity contribution in [2.75, 3.05) is 18.5 Å². The minimum absolute atomic E-state index is 0.0281. The van der Waals surface area contributed by atoms with Gasteiger partial charge < -0.3 is 20.1 Å². The molecule has 1 aliphatic carbocycles. The first-order valence-electron chi connectivity index (χ1n) is 11.3. The number of fused-ring (bicyclic) bond motifs is 1. The smallest absolute Gasteiger partial charge is 0.342 e. The third-order valence-electron chi connectivity index (χ3n) is 5.65. The number of amides is 2. The summed E-state index contributed by atoms with van der Waals surface area (Å²) in [7, 11) is 0. The van der Waals surface area contributed by atoms with Crippen LogP contribution < -0.4 is 15.4 Å². The number of ether oxygens (including phenoxy) is 2. The van der Waals surface area contributed by atoms with Crippen LogP contribution in [0.15, 0.2) is 72.8 Å². The van der Waals surface area contributed by atoms with Gasteiger partial charge in [0.1, 0.15) is 17.1 Å². The van der Waals surface area contributed by atoms with E-state index in [1.807, 2.05) is 18.2 Å². The van der Waals surface area contributed by atoms with Gasteiger partial charge in [-0.3, -0.25) is 9.59 Å². The zero-order chi connectivity index (χ0) is 24.6. The first-order valence-corrected chi connectivity index (χ1v) is 11.3. The largest absolute Gasteiger partial charge is 0.483 e. The van der Waals surface area contributed by atoms with Gasteiger partial charge in [-0.05, 0) is 54.7 Å². The molecule has 0 aliphatic heterocycles. The number of benzene rings is 3. The molecule has 0 bridgehead atoms. The molecule has 8 heteroatoms. The minimum Gasteiger partial charge on any atom is -0.483 e. The van der Waals surface area contributed by atoms with Crippen LogP contribution in [0.5, 0.6) is 5.75 Å². The molecule has 0 heterocycles. The Kier molecular flexibility index (Phi) is 7.72. The molecule has 3 aromatic carbocycles. The van der Waals surface area contributed by atoms with Crippen molar-refractivity contribution in [3.05, 3.63) is 95.3 Å². The highest BCUT2D eigenvalue weighted by Crippen LogP contribution is 2.29. The van der Waals surface area contributed by atoms with Crippen molar-refractivity contribution in [2.24, 2.45) is 0 Å². The second-order valence-corrected chi connectivity index (χ2v) is 8.10. The standard InChI is InChI=1S/C27H25FN2O5/c28-21-12-4-5-13-23(21)30-25(31)16-34-24-15-6-3-11-20(24)27(33)35-17-26(32)29-22-14-7-9-18-8-1-2-10-19(18)22/h1-6,8,10-13,15,22H,7,9,14,16-17H2,(H,29,32)(H,30,31). The lowest BCUT2D eigenvalue weighted by atomic mass is 9.88. The van der Waals surface area contributed by atoms with E-state index >= 15 is 0 Å². The molecular formula is C27H25FN2O5. The zero-order valence-corrected chi connectivity index (χ0v) is 19.0. The molecule has 180 valence electrons. The average molecular weight is 477 g/mol. The quantitative estimate of drug-likeness (QED) is 0.476. The molecule has 2 amide bonds. The summed E-state index contributed by atoms with van der Waals surface area (Å²) < 4.78 is 24.4. The van der Waals surface area contributed by atoms with Crippen molar-refractivity contribution in [1.82, 2.24) is 5.32 Å². The summed E-state index contributed by atoms with van der Waals surface area (Å²) in [6, 6.07) is 19.8. The Morgan fingerprint density at radius 2 is 1.63 bits per heavy atom. The van der Waals surface area contributed by atoms with Crippen LogP contribution in [0.1, 0.15) is 40.4 Å². The summed E-state index contributed by atoms with van der Waals surface area (Å²) in [5.41, 5.74) is 2.40. The van der Waals surface area contributed by atoms with Gasteiger partial charge in [0.15, 0.2) is 13.2 Å². The lowest BCUT2D eigenvalue weighted by Gasteiger charge is -2.26. The maximum atomic E-state index is 13.7. The third-order valence-corrected chi connectivity index (χ3v) is 5.65. The number of hydrogen-bond donors (Lipinski definition) is 2. The Hall–Kier alpha value is -4.20. The Balaban J connectivity index is 1.30. The van der Waals surface area contributed by atoms with E-state index < -0.39 is 36.8 Å². The second-order valence-electron chi connectivity index (χ2n) is 8.10. The van der Waals surface area contributed by atoms with Crippen LogP contribution in [0.4, 0.5) is 10.1 Å². The van der Waals surface area contributed by atoms with Crippen molar-refractivity contribution in [3.8, 4) is 5.75 Å². The van der Waals surface area contributed by atoms with Gasteiger partial charge >= 0.3 is 5.97 Å². The molecule has 0 spiro atoms. The van der Waals surface area contributed by atoms with Crippen LogP contribution in [-0.4, -0.2) is 31.0 Å². The highest BCUT2D eigenvalue weighted by Gasteiger charge is 2.22. The van der Waals surface area contributed by atoms with E-state index in [2.05, 4.69) is 16.7 Å². The molecule has 1 unspecified atom stereocenters. The van der Waals surface area contributed by atoms with Gasteiger partial charge in [-0.15, -0.1) is 0 Å². The maximum Gasteiger partial charge on any atom is 0.342 e. The highest BCUT2D eigenvalue weighted by molar-refractivity contribution is 5.95. The van der Waals surface area contributed by atoms with E-state index in [1.54, 1.807) is 18.2 Å². The SMILES string of the molecule is O=C(COc1ccccc1C(=O)OCC(=O)NC1CCCc2ccccc21)Nc1ccccc1F. The number of carbonyl (C=O) groups excluding carboxylic acids is 3. The Morgan fingerprint density at radius 3 is 2.49 bits per heavy atom. The fraction of sp³-hybridized carbons (Fsp3) is 0.222. The lowest BCUT2D eigenvalue weighted by Crippen LogP contribution is -2.34. The Labute approximate surface area is 202 Å². The highest BCUT2D eigenvalue weighted by atomic mass is 19.1. The van der Waals surface area contributed by atoms with E-state index in [0.717, 1.165) is 24.8 Å². The number of rotatable bonds is 8. The number of nitrogens with one attached hydrogen (secondary N) is 2. The number of esters is 1. The fourth-order valence-corrected chi connectivity index (χ4v) is 4.00. The number of carbonyl (C=O) groups is 3. The molecule has 35 heavy (non-hydrogen) atoms. The Morgan fingerprint density at radius 1 is 0.886 bits per heavy atom. The molecule has 1 aliphatic rings. The minimum atomic E-state index is -0.755. The van der Waals surface area contributed by atoms with Crippen molar-refractivity contribution < 1.29 is 28.2 Å². The van der Waals surface area contributed by atoms with Gasteiger partial charge in [-0.25, -0.2) is 9.18 Å². The van der Waals surface area contributed by atoms with Crippen molar-refractivity contribution in [3.63, 3.8) is 0 Å². The van der Waals surface area contributed by atoms with Crippen molar-refractivity contribution in [1.29, 1.82) is 0 Å². The second kappa shape index (κ2) is 11.3. The molecule has 0 saturated heterocycles.